The molecule has 32 heavy (non-hydrogen) atoms. The van der Waals surface area contributed by atoms with Crippen LogP contribution in [0.5, 0.6) is 0 Å². The van der Waals surface area contributed by atoms with Crippen LogP contribution in [0.1, 0.15) is 36.7 Å². The molecule has 1 aromatic heterocycles. The Kier molecular flexibility index (Phi) is 8.67. The highest BCUT2D eigenvalue weighted by Gasteiger charge is 2.45. The molecule has 1 aliphatic rings. The molecule has 1 aliphatic carbocycles. The number of benzene rings is 2. The molecule has 3 aromatic rings. The van der Waals surface area contributed by atoms with Gasteiger partial charge in [0, 0.05) is 43.9 Å². The van der Waals surface area contributed by atoms with E-state index in [-0.39, 0.29) is 35.2 Å². The van der Waals surface area contributed by atoms with E-state index in [2.05, 4.69) is 44.5 Å². The number of hydrogen-bond acceptors (Lipinski definition) is 2. The predicted molar refractivity (Wildman–Crippen MR) is 138 cm³/mol. The van der Waals surface area contributed by atoms with Crippen molar-refractivity contribution in [1.82, 2.24) is 20.2 Å². The molecule has 1 heterocycles. The number of nitrogens with one attached hydrogen (secondary N) is 2. The lowest BCUT2D eigenvalue weighted by molar-refractivity contribution is 0.572. The Bertz CT molecular complexity index is 1010. The zero-order valence-corrected chi connectivity index (χ0v) is 20.8. The Hall–Kier alpha value is -2.42. The molecule has 2 aromatic carbocycles. The van der Waals surface area contributed by atoms with E-state index < -0.39 is 0 Å². The van der Waals surface area contributed by atoms with Gasteiger partial charge in [0.15, 0.2) is 5.96 Å². The van der Waals surface area contributed by atoms with Gasteiger partial charge in [-0.05, 0) is 37.0 Å². The van der Waals surface area contributed by atoms with Gasteiger partial charge in [0.2, 0.25) is 0 Å². The Morgan fingerprint density at radius 1 is 1.09 bits per heavy atom. The second-order valence-electron chi connectivity index (χ2n) is 8.09. The number of guanidine groups is 1. The van der Waals surface area contributed by atoms with Crippen molar-refractivity contribution in [1.29, 1.82) is 0 Å². The van der Waals surface area contributed by atoms with Gasteiger partial charge in [-0.3, -0.25) is 4.99 Å². The predicted octanol–water partition coefficient (Wildman–Crippen LogP) is 4.52. The molecule has 1 saturated carbocycles. The highest BCUT2D eigenvalue weighted by atomic mass is 127. The van der Waals surface area contributed by atoms with Crippen LogP contribution in [0.3, 0.4) is 0 Å². The Morgan fingerprint density at radius 2 is 1.84 bits per heavy atom. The minimum atomic E-state index is -0.153. The van der Waals surface area contributed by atoms with Gasteiger partial charge in [-0.2, -0.15) is 0 Å². The lowest BCUT2D eigenvalue weighted by Crippen LogP contribution is -2.39. The van der Waals surface area contributed by atoms with E-state index in [0.29, 0.717) is 6.54 Å². The summed E-state index contributed by atoms with van der Waals surface area (Å²) < 4.78 is 16.4. The molecular weight excluding hydrogens is 516 g/mol. The molecule has 0 atom stereocenters. The van der Waals surface area contributed by atoms with E-state index in [1.165, 1.54) is 5.56 Å². The van der Waals surface area contributed by atoms with Crippen molar-refractivity contribution in [3.05, 3.63) is 89.8 Å². The maximum Gasteiger partial charge on any atom is 0.191 e. The first-order valence-electron chi connectivity index (χ1n) is 11.0. The molecule has 0 radical (unpaired) electrons. The van der Waals surface area contributed by atoms with Gasteiger partial charge in [-0.1, -0.05) is 48.5 Å². The average molecular weight is 547 g/mol. The van der Waals surface area contributed by atoms with Crippen LogP contribution in [0, 0.1) is 5.82 Å². The van der Waals surface area contributed by atoms with Crippen molar-refractivity contribution >= 4 is 29.9 Å². The zero-order chi connectivity index (χ0) is 21.5. The summed E-state index contributed by atoms with van der Waals surface area (Å²) >= 11 is 0. The molecule has 0 bridgehead atoms. The van der Waals surface area contributed by atoms with Gasteiger partial charge >= 0.3 is 0 Å². The summed E-state index contributed by atoms with van der Waals surface area (Å²) in [6.07, 6.45) is 6.62. The zero-order valence-electron chi connectivity index (χ0n) is 18.4. The summed E-state index contributed by atoms with van der Waals surface area (Å²) in [7, 11) is 0. The van der Waals surface area contributed by atoms with Crippen LogP contribution < -0.4 is 10.6 Å². The van der Waals surface area contributed by atoms with Crippen LogP contribution in [0.15, 0.2) is 72.0 Å². The quantitative estimate of drug-likeness (QED) is 0.236. The third-order valence-corrected chi connectivity index (χ3v) is 5.82. The van der Waals surface area contributed by atoms with Crippen LogP contribution in [-0.2, 0) is 18.4 Å². The van der Waals surface area contributed by atoms with Crippen molar-refractivity contribution in [3.63, 3.8) is 0 Å². The number of aliphatic imine (C=N–C) groups is 1. The monoisotopic (exact) mass is 547 g/mol. The third kappa shape index (κ3) is 6.09. The molecule has 4 rings (SSSR count). The van der Waals surface area contributed by atoms with Crippen LogP contribution >= 0.6 is 24.0 Å². The summed E-state index contributed by atoms with van der Waals surface area (Å²) in [6, 6.07) is 17.5. The standard InChI is InChI=1S/C25H30FN5.HI/c1-2-27-24(30-19-25(13-14-25)21-10-6-7-11-22(21)26)29-15-12-23-28-16-17-31(23)18-20-8-4-3-5-9-20;/h3-11,16-17H,2,12-15,18-19H2,1H3,(H2,27,29,30);1H. The van der Waals surface area contributed by atoms with Gasteiger partial charge in [0.1, 0.15) is 11.6 Å². The Morgan fingerprint density at radius 3 is 2.56 bits per heavy atom. The molecule has 0 saturated heterocycles. The van der Waals surface area contributed by atoms with Crippen LogP contribution in [-0.4, -0.2) is 35.1 Å². The molecule has 0 aliphatic heterocycles. The van der Waals surface area contributed by atoms with Crippen LogP contribution in [0.2, 0.25) is 0 Å². The molecule has 170 valence electrons. The Balaban J connectivity index is 0.00000289. The lowest BCUT2D eigenvalue weighted by Gasteiger charge is -2.16. The number of halogens is 2. The highest BCUT2D eigenvalue weighted by molar-refractivity contribution is 14.0. The minimum absolute atomic E-state index is 0. The molecule has 0 amide bonds. The van der Waals surface area contributed by atoms with E-state index in [4.69, 9.17) is 4.99 Å². The van der Waals surface area contributed by atoms with Crippen molar-refractivity contribution in [2.75, 3.05) is 19.6 Å². The fourth-order valence-electron chi connectivity index (χ4n) is 3.91. The van der Waals surface area contributed by atoms with Gasteiger partial charge in [0.05, 0.1) is 6.54 Å². The number of hydrogen-bond donors (Lipinski definition) is 2. The molecule has 0 unspecified atom stereocenters. The molecule has 1 fully saturated rings. The number of nitrogens with zero attached hydrogens (tertiary/aromatic N) is 3. The van der Waals surface area contributed by atoms with Gasteiger partial charge in [0.25, 0.3) is 0 Å². The summed E-state index contributed by atoms with van der Waals surface area (Å²) in [4.78, 5) is 9.30. The normalized spacial score (nSPS) is 14.5. The SMILES string of the molecule is CCNC(=NCC1(c2ccccc2F)CC1)NCCc1nccn1Cc1ccccc1.I. The number of aromatic nitrogens is 2. The maximum atomic E-state index is 14.3. The molecule has 0 spiro atoms. The second-order valence-corrected chi connectivity index (χ2v) is 8.09. The van der Waals surface area contributed by atoms with E-state index in [1.807, 2.05) is 37.5 Å². The van der Waals surface area contributed by atoms with Crippen molar-refractivity contribution in [3.8, 4) is 0 Å². The smallest absolute Gasteiger partial charge is 0.191 e. The van der Waals surface area contributed by atoms with Gasteiger partial charge in [-0.25, -0.2) is 9.37 Å². The molecular formula is C25H31FIN5. The van der Waals surface area contributed by atoms with E-state index >= 15 is 0 Å². The number of imidazole rings is 1. The first-order chi connectivity index (χ1) is 15.2. The summed E-state index contributed by atoms with van der Waals surface area (Å²) in [5, 5.41) is 6.71. The summed E-state index contributed by atoms with van der Waals surface area (Å²) in [5.41, 5.74) is 1.89. The molecule has 2 N–H and O–H groups in total. The highest BCUT2D eigenvalue weighted by Crippen LogP contribution is 2.49. The molecule has 7 heteroatoms. The van der Waals surface area contributed by atoms with Crippen molar-refractivity contribution in [2.45, 2.75) is 38.1 Å². The van der Waals surface area contributed by atoms with E-state index in [1.54, 1.807) is 12.1 Å². The molecule has 5 nitrogen and oxygen atoms in total. The van der Waals surface area contributed by atoms with Gasteiger partial charge in [-0.15, -0.1) is 24.0 Å². The van der Waals surface area contributed by atoms with Crippen molar-refractivity contribution in [2.24, 2.45) is 4.99 Å². The van der Waals surface area contributed by atoms with Crippen LogP contribution in [0.4, 0.5) is 4.39 Å². The topological polar surface area (TPSA) is 54.2 Å². The number of rotatable bonds is 9. The van der Waals surface area contributed by atoms with Crippen LogP contribution in [0.25, 0.3) is 0 Å². The fraction of sp³-hybridized carbons (Fsp3) is 0.360. The maximum absolute atomic E-state index is 14.3. The minimum Gasteiger partial charge on any atom is -0.357 e. The first kappa shape index (κ1) is 24.2. The first-order valence-corrected chi connectivity index (χ1v) is 11.0. The van der Waals surface area contributed by atoms with E-state index in [9.17, 15) is 4.39 Å². The third-order valence-electron chi connectivity index (χ3n) is 5.82. The Labute approximate surface area is 206 Å². The summed E-state index contributed by atoms with van der Waals surface area (Å²) in [6.45, 7) is 4.96. The second kappa shape index (κ2) is 11.4. The van der Waals surface area contributed by atoms with Gasteiger partial charge < -0.3 is 15.2 Å². The van der Waals surface area contributed by atoms with E-state index in [0.717, 1.165) is 56.2 Å². The summed E-state index contributed by atoms with van der Waals surface area (Å²) in [5.74, 6) is 1.68. The average Bonchev–Trinajstić information content (AvgIpc) is 3.45. The van der Waals surface area contributed by atoms with Crippen molar-refractivity contribution < 1.29 is 4.39 Å². The largest absolute Gasteiger partial charge is 0.357 e. The lowest BCUT2D eigenvalue weighted by atomic mass is 9.95. The fourth-order valence-corrected chi connectivity index (χ4v) is 3.91.